The van der Waals surface area contributed by atoms with Crippen LogP contribution in [0.2, 0.25) is 0 Å². The molecule has 1 aliphatic rings. The Kier molecular flexibility index (Phi) is 21.9. The van der Waals surface area contributed by atoms with Crippen molar-refractivity contribution in [3.63, 3.8) is 0 Å². The van der Waals surface area contributed by atoms with Crippen molar-refractivity contribution >= 4 is 70.1 Å². The summed E-state index contributed by atoms with van der Waals surface area (Å²) in [6.45, 7) is 7.81. The highest BCUT2D eigenvalue weighted by Gasteiger charge is 2.33. The van der Waals surface area contributed by atoms with E-state index in [-0.39, 0.29) is 57.8 Å². The Morgan fingerprint density at radius 2 is 1.54 bits per heavy atom. The van der Waals surface area contributed by atoms with Gasteiger partial charge in [-0.25, -0.2) is 15.1 Å². The zero-order chi connectivity index (χ0) is 52.0. The van der Waals surface area contributed by atoms with Crippen molar-refractivity contribution in [1.82, 2.24) is 36.4 Å². The topological polar surface area (TPSA) is 284 Å². The van der Waals surface area contributed by atoms with Crippen LogP contribution < -0.4 is 32.5 Å². The van der Waals surface area contributed by atoms with Gasteiger partial charge in [0.15, 0.2) is 0 Å². The molecule has 72 heavy (non-hydrogen) atoms. The maximum Gasteiger partial charge on any atom is 0.333 e. The summed E-state index contributed by atoms with van der Waals surface area (Å²) in [7, 11) is 0. The first-order chi connectivity index (χ1) is 34.6. The monoisotopic (exact) mass is 993 g/mol. The van der Waals surface area contributed by atoms with Gasteiger partial charge in [-0.2, -0.15) is 0 Å². The lowest BCUT2D eigenvalue weighted by Crippen LogP contribution is -2.54. The molecule has 1 fully saturated rings. The number of unbranched alkanes of at least 4 members (excludes halogenated alkanes) is 2. The van der Waals surface area contributed by atoms with E-state index < -0.39 is 59.5 Å². The van der Waals surface area contributed by atoms with Crippen molar-refractivity contribution in [2.24, 2.45) is 11.7 Å². The number of imide groups is 1. The van der Waals surface area contributed by atoms with Crippen molar-refractivity contribution in [3.8, 4) is 0 Å². The van der Waals surface area contributed by atoms with E-state index in [0.717, 1.165) is 35.3 Å². The Morgan fingerprint density at radius 1 is 0.847 bits per heavy atom. The van der Waals surface area contributed by atoms with Crippen LogP contribution in [0.25, 0.3) is 17.0 Å². The summed E-state index contributed by atoms with van der Waals surface area (Å²) in [5.41, 5.74) is 14.2. The molecule has 1 aromatic heterocycles. The molecule has 0 radical (unpaired) electrons. The van der Waals surface area contributed by atoms with E-state index in [4.69, 9.17) is 15.4 Å². The zero-order valence-corrected chi connectivity index (χ0v) is 41.1. The van der Waals surface area contributed by atoms with E-state index in [1.165, 1.54) is 17.0 Å². The number of aliphatic hydroxyl groups excluding tert-OH is 1. The van der Waals surface area contributed by atoms with E-state index in [1.807, 2.05) is 36.4 Å². The minimum absolute atomic E-state index is 0.00200. The van der Waals surface area contributed by atoms with Gasteiger partial charge in [-0.1, -0.05) is 74.9 Å². The number of hydrogen-bond acceptors (Lipinski definition) is 12. The molecule has 20 heteroatoms. The standard InChI is InChI=1S/C52H67N9O11/c1-34(2)49(58-44(63)13-5-4-6-14-48(67)72-61-46(65)25-26-47(61)66)51(69)57-43(12-9-28-54-52(53)70)50(68)56-39-22-19-38(20-23-39)33-71-59-45(64)24-21-36-15-17-37(18-16-36)32-60(30-31-62)29-27-40-35(3)55-42-11-8-7-10-41(40)42/h7-8,10-11,15-24,34,43,49,55,62H,4-6,9,12-14,25-33H2,1-3H3,(H,56,68)(H,57,69)(H,58,63)(H,59,64)(H3,53,54,70)/b24-21+/t43-,49-/m0/s1. The summed E-state index contributed by atoms with van der Waals surface area (Å²) in [5, 5.41) is 22.2. The Balaban J connectivity index is 1.04. The van der Waals surface area contributed by atoms with Gasteiger partial charge in [0.1, 0.15) is 12.1 Å². The number of carbonyl (C=O) groups excluding carboxylic acids is 8. The number of carbonyl (C=O) groups is 8. The Morgan fingerprint density at radius 3 is 2.24 bits per heavy atom. The van der Waals surface area contributed by atoms with Crippen LogP contribution >= 0.6 is 0 Å². The number of primary amides is 1. The molecule has 2 atom stereocenters. The van der Waals surface area contributed by atoms with Crippen LogP contribution in [0.4, 0.5) is 10.5 Å². The first-order valence-electron chi connectivity index (χ1n) is 24.3. The van der Waals surface area contributed by atoms with Gasteiger partial charge in [0.25, 0.3) is 17.7 Å². The second-order valence-electron chi connectivity index (χ2n) is 17.9. The average Bonchev–Trinajstić information content (AvgIpc) is 3.85. The number of nitrogens with one attached hydrogen (secondary N) is 6. The number of aromatic amines is 1. The maximum absolute atomic E-state index is 13.6. The molecule has 0 unspecified atom stereocenters. The normalized spacial score (nSPS) is 13.4. The fourth-order valence-corrected chi connectivity index (χ4v) is 8.01. The van der Waals surface area contributed by atoms with Gasteiger partial charge in [-0.3, -0.25) is 38.5 Å². The number of rotatable bonds is 29. The number of hydroxylamine groups is 3. The fourth-order valence-electron chi connectivity index (χ4n) is 8.01. The van der Waals surface area contributed by atoms with Gasteiger partial charge >= 0.3 is 12.0 Å². The van der Waals surface area contributed by atoms with Crippen LogP contribution in [0.15, 0.2) is 78.9 Å². The van der Waals surface area contributed by atoms with Gasteiger partial charge in [0.05, 0.1) is 13.2 Å². The van der Waals surface area contributed by atoms with Crippen LogP contribution in [0.1, 0.15) is 99.6 Å². The molecular weight excluding hydrogens is 927 g/mol. The van der Waals surface area contributed by atoms with Crippen LogP contribution in [-0.4, -0.2) is 106 Å². The molecule has 3 aromatic carbocycles. The highest BCUT2D eigenvalue weighted by Crippen LogP contribution is 2.23. The number of fused-ring (bicyclic) bond motifs is 1. The molecule has 0 bridgehead atoms. The van der Waals surface area contributed by atoms with Crippen molar-refractivity contribution in [1.29, 1.82) is 0 Å². The van der Waals surface area contributed by atoms with Crippen LogP contribution in [0.3, 0.4) is 0 Å². The molecule has 2 heterocycles. The maximum atomic E-state index is 13.6. The quantitative estimate of drug-likeness (QED) is 0.0163. The van der Waals surface area contributed by atoms with Crippen molar-refractivity contribution in [2.45, 2.75) is 110 Å². The number of H-pyrrole nitrogens is 1. The van der Waals surface area contributed by atoms with Crippen molar-refractivity contribution < 1.29 is 53.1 Å². The third kappa shape index (κ3) is 18.1. The first-order valence-corrected chi connectivity index (χ1v) is 24.3. The molecular formula is C52H67N9O11. The van der Waals surface area contributed by atoms with Gasteiger partial charge in [-0.15, -0.1) is 5.06 Å². The van der Waals surface area contributed by atoms with E-state index >= 15 is 0 Å². The second kappa shape index (κ2) is 28.4. The number of para-hydroxylation sites is 1. The predicted octanol–water partition coefficient (Wildman–Crippen LogP) is 4.34. The number of hydrogen-bond donors (Lipinski definition) is 8. The first kappa shape index (κ1) is 55.5. The van der Waals surface area contributed by atoms with E-state index in [1.54, 1.807) is 44.2 Å². The number of nitrogens with two attached hydrogens (primary N) is 1. The van der Waals surface area contributed by atoms with Crippen LogP contribution in [0.5, 0.6) is 0 Å². The van der Waals surface area contributed by atoms with Crippen LogP contribution in [0, 0.1) is 12.8 Å². The van der Waals surface area contributed by atoms with E-state index in [9.17, 15) is 43.5 Å². The number of aryl methyl sites for hydroxylation is 1. The summed E-state index contributed by atoms with van der Waals surface area (Å²) in [6, 6.07) is 20.0. The smallest absolute Gasteiger partial charge is 0.333 e. The molecule has 386 valence electrons. The molecule has 0 aliphatic carbocycles. The number of benzene rings is 3. The number of amides is 8. The molecule has 9 N–H and O–H groups in total. The summed E-state index contributed by atoms with van der Waals surface area (Å²) >= 11 is 0. The van der Waals surface area contributed by atoms with E-state index in [2.05, 4.69) is 55.7 Å². The van der Waals surface area contributed by atoms with Crippen molar-refractivity contribution in [2.75, 3.05) is 31.6 Å². The third-order valence-electron chi connectivity index (χ3n) is 11.9. The number of anilines is 1. The van der Waals surface area contributed by atoms with Crippen LogP contribution in [-0.2, 0) is 62.8 Å². The highest BCUT2D eigenvalue weighted by atomic mass is 16.7. The molecule has 5 rings (SSSR count). The molecule has 8 amide bonds. The Labute approximate surface area is 418 Å². The molecule has 1 saturated heterocycles. The van der Waals surface area contributed by atoms with Gasteiger partial charge < -0.3 is 41.9 Å². The lowest BCUT2D eigenvalue weighted by atomic mass is 10.0. The summed E-state index contributed by atoms with van der Waals surface area (Å²) in [4.78, 5) is 115. The predicted molar refractivity (Wildman–Crippen MR) is 268 cm³/mol. The number of aromatic nitrogens is 1. The molecule has 0 spiro atoms. The lowest BCUT2D eigenvalue weighted by molar-refractivity contribution is -0.197. The summed E-state index contributed by atoms with van der Waals surface area (Å²) in [5.74, 6) is -4.20. The molecule has 20 nitrogen and oxygen atoms in total. The van der Waals surface area contributed by atoms with Gasteiger partial charge in [0, 0.05) is 80.2 Å². The van der Waals surface area contributed by atoms with Gasteiger partial charge in [0.2, 0.25) is 17.7 Å². The average molecular weight is 994 g/mol. The SMILES string of the molecule is Cc1[nH]c2ccccc2c1CCN(CCO)Cc1ccc(/C=C/C(=O)NOCc2ccc(NC(=O)[C@H](CCCNC(N)=O)NC(=O)[C@@H](NC(=O)CCCCCC(=O)ON3C(=O)CCC3=O)C(C)C)cc2)cc1. The molecule has 0 saturated carbocycles. The summed E-state index contributed by atoms with van der Waals surface area (Å²) < 4.78 is 0. The zero-order valence-electron chi connectivity index (χ0n) is 41.1. The molecule has 1 aliphatic heterocycles. The van der Waals surface area contributed by atoms with Gasteiger partial charge in [-0.05, 0) is 91.5 Å². The number of nitrogens with zero attached hydrogens (tertiary/aromatic N) is 2. The van der Waals surface area contributed by atoms with Crippen molar-refractivity contribution in [3.05, 3.63) is 107 Å². The second-order valence-corrected chi connectivity index (χ2v) is 17.9. The Hall–Kier alpha value is -7.42. The minimum Gasteiger partial charge on any atom is -0.395 e. The minimum atomic E-state index is -1.06. The lowest BCUT2D eigenvalue weighted by Gasteiger charge is -2.25. The molecule has 4 aromatic rings. The van der Waals surface area contributed by atoms with E-state index in [0.29, 0.717) is 55.1 Å². The summed E-state index contributed by atoms with van der Waals surface area (Å²) in [6.07, 6.45) is 5.52. The third-order valence-corrected chi connectivity index (χ3v) is 11.9. The number of aliphatic hydroxyl groups is 1. The highest BCUT2D eigenvalue weighted by molar-refractivity contribution is 6.01. The number of urea groups is 1. The Bertz CT molecular complexity index is 2510. The fraction of sp³-hybridized carbons (Fsp3) is 0.423. The largest absolute Gasteiger partial charge is 0.395 e.